The van der Waals surface area contributed by atoms with E-state index in [-0.39, 0.29) is 12.3 Å². The molecule has 112 valence electrons. The Kier molecular flexibility index (Phi) is 4.89. The molecule has 7 heteroatoms. The van der Waals surface area contributed by atoms with Crippen LogP contribution in [0.1, 0.15) is 28.2 Å². The molecule has 0 aliphatic rings. The van der Waals surface area contributed by atoms with Gasteiger partial charge < -0.3 is 14.9 Å². The number of methoxy groups -OCH3 is 1. The molecule has 0 fully saturated rings. The van der Waals surface area contributed by atoms with E-state index < -0.39 is 5.97 Å². The number of aliphatic hydroxyl groups excluding tert-OH is 1. The van der Waals surface area contributed by atoms with Crippen molar-refractivity contribution in [3.05, 3.63) is 41.2 Å². The number of ether oxygens (including phenoxy) is 1. The summed E-state index contributed by atoms with van der Waals surface area (Å²) in [6.07, 6.45) is 0.905. The lowest BCUT2D eigenvalue weighted by atomic mass is 10.1. The van der Waals surface area contributed by atoms with Crippen LogP contribution in [0.4, 0.5) is 0 Å². The van der Waals surface area contributed by atoms with E-state index in [9.17, 15) is 9.90 Å². The maximum atomic E-state index is 11.2. The van der Waals surface area contributed by atoms with Gasteiger partial charge in [0.15, 0.2) is 5.69 Å². The monoisotopic (exact) mass is 291 g/mol. The van der Waals surface area contributed by atoms with E-state index in [1.54, 1.807) is 7.11 Å². The highest BCUT2D eigenvalue weighted by molar-refractivity contribution is 5.86. The van der Waals surface area contributed by atoms with Gasteiger partial charge in [-0.25, -0.2) is 9.48 Å². The fourth-order valence-corrected chi connectivity index (χ4v) is 2.01. The lowest BCUT2D eigenvalue weighted by molar-refractivity contribution is 0.0689. The number of carboxylic acids is 1. The van der Waals surface area contributed by atoms with E-state index in [4.69, 9.17) is 9.84 Å². The molecule has 0 saturated carbocycles. The second-order valence-corrected chi connectivity index (χ2v) is 4.52. The van der Waals surface area contributed by atoms with Crippen LogP contribution in [0.5, 0.6) is 5.75 Å². The summed E-state index contributed by atoms with van der Waals surface area (Å²) in [5, 5.41) is 25.6. The third-order valence-corrected chi connectivity index (χ3v) is 3.10. The third-order valence-electron chi connectivity index (χ3n) is 3.10. The predicted molar refractivity (Wildman–Crippen MR) is 74.5 cm³/mol. The Labute approximate surface area is 121 Å². The molecule has 0 aliphatic heterocycles. The minimum Gasteiger partial charge on any atom is -0.497 e. The first-order chi connectivity index (χ1) is 10.2. The van der Waals surface area contributed by atoms with Crippen molar-refractivity contribution < 1.29 is 19.7 Å². The number of aromatic carboxylic acids is 1. The molecular weight excluding hydrogens is 274 g/mol. The smallest absolute Gasteiger partial charge is 0.358 e. The average molecular weight is 291 g/mol. The largest absolute Gasteiger partial charge is 0.497 e. The van der Waals surface area contributed by atoms with Crippen molar-refractivity contribution in [1.82, 2.24) is 15.0 Å². The molecule has 0 amide bonds. The maximum absolute atomic E-state index is 11.2. The number of benzene rings is 1. The van der Waals surface area contributed by atoms with Gasteiger partial charge >= 0.3 is 5.97 Å². The molecule has 0 saturated heterocycles. The number of carboxylic acid groups (broad SMARTS) is 1. The van der Waals surface area contributed by atoms with Crippen LogP contribution in [0.25, 0.3) is 0 Å². The van der Waals surface area contributed by atoms with Gasteiger partial charge in [-0.15, -0.1) is 5.10 Å². The maximum Gasteiger partial charge on any atom is 0.358 e. The van der Waals surface area contributed by atoms with Crippen molar-refractivity contribution in [2.45, 2.75) is 19.4 Å². The van der Waals surface area contributed by atoms with Crippen LogP contribution in [0.2, 0.25) is 0 Å². The van der Waals surface area contributed by atoms with Crippen molar-refractivity contribution in [2.24, 2.45) is 0 Å². The third kappa shape index (κ3) is 3.57. The lowest BCUT2D eigenvalue weighted by Crippen LogP contribution is -2.10. The molecular formula is C14H17N3O4. The molecule has 0 bridgehead atoms. The van der Waals surface area contributed by atoms with Gasteiger partial charge in [0.2, 0.25) is 0 Å². The molecule has 0 radical (unpaired) electrons. The summed E-state index contributed by atoms with van der Waals surface area (Å²) in [7, 11) is 1.59. The second kappa shape index (κ2) is 6.85. The Balaban J connectivity index is 2.26. The molecule has 0 unspecified atom stereocenters. The average Bonchev–Trinajstić information content (AvgIpc) is 2.89. The number of hydrogen-bond donors (Lipinski definition) is 2. The summed E-state index contributed by atoms with van der Waals surface area (Å²) < 4.78 is 6.62. The van der Waals surface area contributed by atoms with Crippen molar-refractivity contribution in [1.29, 1.82) is 0 Å². The number of rotatable bonds is 7. The van der Waals surface area contributed by atoms with Crippen LogP contribution in [0.3, 0.4) is 0 Å². The number of hydrogen-bond acceptors (Lipinski definition) is 5. The second-order valence-electron chi connectivity index (χ2n) is 4.52. The van der Waals surface area contributed by atoms with Crippen molar-refractivity contribution >= 4 is 5.97 Å². The van der Waals surface area contributed by atoms with Gasteiger partial charge in [0.25, 0.3) is 0 Å². The fraction of sp³-hybridized carbons (Fsp3) is 0.357. The van der Waals surface area contributed by atoms with E-state index in [0.29, 0.717) is 25.1 Å². The number of nitrogens with zero attached hydrogens (tertiary/aromatic N) is 3. The lowest BCUT2D eigenvalue weighted by Gasteiger charge is -2.07. The number of aliphatic hydroxyl groups is 1. The van der Waals surface area contributed by atoms with Crippen molar-refractivity contribution in [3.63, 3.8) is 0 Å². The van der Waals surface area contributed by atoms with Crippen LogP contribution in [-0.4, -0.2) is 44.9 Å². The standard InChI is InChI=1S/C14H17N3O4/c1-21-11-5-3-10(4-6-11)9-12-13(14(19)20)15-16-17(12)7-2-8-18/h3-6,18H,2,7-9H2,1H3,(H,19,20). The Morgan fingerprint density at radius 2 is 2.05 bits per heavy atom. The number of carbonyl (C=O) groups is 1. The van der Waals surface area contributed by atoms with Gasteiger partial charge in [0.1, 0.15) is 5.75 Å². The van der Waals surface area contributed by atoms with E-state index in [0.717, 1.165) is 11.3 Å². The van der Waals surface area contributed by atoms with Crippen LogP contribution < -0.4 is 4.74 Å². The minimum absolute atomic E-state index is 0.0181. The molecule has 2 N–H and O–H groups in total. The fourth-order valence-electron chi connectivity index (χ4n) is 2.01. The molecule has 0 atom stereocenters. The molecule has 2 rings (SSSR count). The van der Waals surface area contributed by atoms with Gasteiger partial charge in [-0.1, -0.05) is 17.3 Å². The van der Waals surface area contributed by atoms with Crippen LogP contribution in [0, 0.1) is 0 Å². The zero-order valence-electron chi connectivity index (χ0n) is 11.7. The first kappa shape index (κ1) is 15.0. The Morgan fingerprint density at radius 3 is 2.62 bits per heavy atom. The van der Waals surface area contributed by atoms with Crippen LogP contribution in [-0.2, 0) is 13.0 Å². The quantitative estimate of drug-likeness (QED) is 0.788. The topological polar surface area (TPSA) is 97.5 Å². The van der Waals surface area contributed by atoms with Crippen molar-refractivity contribution in [3.8, 4) is 5.75 Å². The Morgan fingerprint density at radius 1 is 1.33 bits per heavy atom. The van der Waals surface area contributed by atoms with Crippen LogP contribution >= 0.6 is 0 Å². The predicted octanol–water partition coefficient (Wildman–Crippen LogP) is 0.958. The molecule has 21 heavy (non-hydrogen) atoms. The van der Waals surface area contributed by atoms with Crippen LogP contribution in [0.15, 0.2) is 24.3 Å². The van der Waals surface area contributed by atoms with E-state index in [2.05, 4.69) is 10.3 Å². The Hall–Kier alpha value is -2.41. The van der Waals surface area contributed by atoms with Gasteiger partial charge in [0.05, 0.1) is 12.8 Å². The zero-order valence-corrected chi connectivity index (χ0v) is 11.7. The summed E-state index contributed by atoms with van der Waals surface area (Å²) in [4.78, 5) is 11.2. The van der Waals surface area contributed by atoms with E-state index >= 15 is 0 Å². The zero-order chi connectivity index (χ0) is 15.2. The molecule has 0 aliphatic carbocycles. The van der Waals surface area contributed by atoms with Gasteiger partial charge in [-0.2, -0.15) is 0 Å². The van der Waals surface area contributed by atoms with Gasteiger partial charge in [-0.3, -0.25) is 0 Å². The molecule has 1 heterocycles. The SMILES string of the molecule is COc1ccc(Cc2c(C(=O)O)nnn2CCCO)cc1. The normalized spacial score (nSPS) is 10.6. The summed E-state index contributed by atoms with van der Waals surface area (Å²) in [5.41, 5.74) is 1.41. The molecule has 2 aromatic rings. The molecule has 0 spiro atoms. The number of aromatic nitrogens is 3. The van der Waals surface area contributed by atoms with Gasteiger partial charge in [-0.05, 0) is 24.1 Å². The summed E-state index contributed by atoms with van der Waals surface area (Å²) >= 11 is 0. The molecule has 1 aromatic heterocycles. The van der Waals surface area contributed by atoms with Gasteiger partial charge in [0, 0.05) is 19.6 Å². The van der Waals surface area contributed by atoms with E-state index in [1.807, 2.05) is 24.3 Å². The summed E-state index contributed by atoms with van der Waals surface area (Å²) in [6, 6.07) is 7.37. The van der Waals surface area contributed by atoms with E-state index in [1.165, 1.54) is 4.68 Å². The first-order valence-electron chi connectivity index (χ1n) is 6.55. The first-order valence-corrected chi connectivity index (χ1v) is 6.55. The summed E-state index contributed by atoms with van der Waals surface area (Å²) in [6.45, 7) is 0.451. The minimum atomic E-state index is -1.10. The van der Waals surface area contributed by atoms with Crippen molar-refractivity contribution in [2.75, 3.05) is 13.7 Å². The highest BCUT2D eigenvalue weighted by atomic mass is 16.5. The Bertz CT molecular complexity index is 607. The highest BCUT2D eigenvalue weighted by Crippen LogP contribution is 2.17. The summed E-state index contributed by atoms with van der Waals surface area (Å²) in [5.74, 6) is -0.363. The molecule has 1 aromatic carbocycles. The highest BCUT2D eigenvalue weighted by Gasteiger charge is 2.19. The number of aryl methyl sites for hydroxylation is 1. The molecule has 7 nitrogen and oxygen atoms in total.